The second kappa shape index (κ2) is 9.33. The van der Waals surface area contributed by atoms with E-state index in [0.717, 1.165) is 0 Å². The zero-order chi connectivity index (χ0) is 6.57. The molecule has 0 saturated heterocycles. The Bertz CT molecular complexity index is 113. The first-order chi connectivity index (χ1) is 3.66. The Morgan fingerprint density at radius 2 is 1.70 bits per heavy atom. The monoisotopic (exact) mass is 130 g/mol. The molecule has 5 heteroatoms. The summed E-state index contributed by atoms with van der Waals surface area (Å²) in [5, 5.41) is 0. The van der Waals surface area contributed by atoms with Crippen LogP contribution in [-0.4, -0.2) is 56.6 Å². The van der Waals surface area contributed by atoms with Crippen LogP contribution >= 0.6 is 0 Å². The van der Waals surface area contributed by atoms with Gasteiger partial charge < -0.3 is 4.74 Å². The Morgan fingerprint density at radius 1 is 1.30 bits per heavy atom. The van der Waals surface area contributed by atoms with Crippen molar-refractivity contribution in [3.63, 3.8) is 0 Å². The molecule has 0 aromatic carbocycles. The van der Waals surface area contributed by atoms with E-state index in [1.807, 2.05) is 0 Å². The van der Waals surface area contributed by atoms with Crippen molar-refractivity contribution in [1.29, 1.82) is 0 Å². The number of esters is 1. The molecule has 0 atom stereocenters. The van der Waals surface area contributed by atoms with E-state index in [-0.39, 0.29) is 49.9 Å². The number of hydrogen-bond donors (Lipinski definition) is 0. The average molecular weight is 130 g/mol. The summed E-state index contributed by atoms with van der Waals surface area (Å²) >= 11 is 0. The number of carbonyl (C=O) groups excluding carboxylic acids is 2. The van der Waals surface area contributed by atoms with Crippen molar-refractivity contribution in [2.75, 3.05) is 7.11 Å². The minimum atomic E-state index is -0.475. The molecule has 0 amide bonds. The van der Waals surface area contributed by atoms with Crippen LogP contribution in [0.25, 0.3) is 0 Å². The van der Waals surface area contributed by atoms with Gasteiger partial charge in [0.15, 0.2) is 0 Å². The molecule has 0 fully saturated rings. The summed E-state index contributed by atoms with van der Waals surface area (Å²) in [4.78, 5) is 20.3. The van der Waals surface area contributed by atoms with Crippen molar-refractivity contribution in [3.8, 4) is 0 Å². The second-order valence-electron chi connectivity index (χ2n) is 1.45. The van der Waals surface area contributed by atoms with Crippen molar-refractivity contribution in [3.05, 3.63) is 0 Å². The number of hydrogen-bond acceptors (Lipinski definition) is 3. The zero-order valence-electron chi connectivity index (χ0n) is 6.93. The van der Waals surface area contributed by atoms with E-state index in [9.17, 15) is 9.59 Å². The Morgan fingerprint density at radius 3 is 1.80 bits per heavy atom. The van der Waals surface area contributed by atoms with Crippen LogP contribution in [-0.2, 0) is 14.3 Å². The summed E-state index contributed by atoms with van der Waals surface area (Å²) in [5.74, 6) is -0.644. The average Bonchev–Trinajstić information content (AvgIpc) is 1.65. The van der Waals surface area contributed by atoms with Gasteiger partial charge in [-0.15, -0.1) is 0 Å². The topological polar surface area (TPSA) is 43.4 Å². The fraction of sp³-hybridized carbons (Fsp3) is 0.600. The molecule has 2 radical (unpaired) electrons. The van der Waals surface area contributed by atoms with Crippen LogP contribution in [0, 0.1) is 0 Å². The molecule has 0 unspecified atom stereocenters. The van der Waals surface area contributed by atoms with Gasteiger partial charge in [0.1, 0.15) is 12.2 Å². The largest absolute Gasteiger partial charge is 0.469 e. The van der Waals surface area contributed by atoms with E-state index < -0.39 is 5.97 Å². The minimum Gasteiger partial charge on any atom is -0.469 e. The third kappa shape index (κ3) is 11.2. The number of Topliss-reactive ketones (excluding diaryl/α,β-unsaturated/α-hetero) is 1. The van der Waals surface area contributed by atoms with Crippen LogP contribution in [0.2, 0.25) is 0 Å². The van der Waals surface area contributed by atoms with Crippen LogP contribution in [0.1, 0.15) is 13.3 Å². The van der Waals surface area contributed by atoms with Gasteiger partial charge in [-0.1, -0.05) is 0 Å². The minimum absolute atomic E-state index is 0. The molecule has 0 spiro atoms. The molecule has 10 heavy (non-hydrogen) atoms. The summed E-state index contributed by atoms with van der Waals surface area (Å²) in [6.07, 6.45) is -0.115. The van der Waals surface area contributed by atoms with Crippen molar-refractivity contribution < 1.29 is 14.3 Å². The first-order valence-electron chi connectivity index (χ1n) is 2.23. The third-order valence-corrected chi connectivity index (χ3v) is 0.621. The predicted octanol–water partition coefficient (Wildman–Crippen LogP) is -0.623. The fourth-order valence-corrected chi connectivity index (χ4v) is 0.275. The summed E-state index contributed by atoms with van der Waals surface area (Å²) in [5.41, 5.74) is 0. The van der Waals surface area contributed by atoms with Crippen LogP contribution in [0.15, 0.2) is 0 Å². The molecule has 0 rings (SSSR count). The van der Waals surface area contributed by atoms with Crippen LogP contribution < -0.4 is 0 Å². The van der Waals surface area contributed by atoms with Gasteiger partial charge in [0.25, 0.3) is 0 Å². The molecule has 0 aliphatic carbocycles. The maximum absolute atomic E-state index is 10.2. The molecule has 0 saturated carbocycles. The van der Waals surface area contributed by atoms with Gasteiger partial charge in [-0.2, -0.15) is 0 Å². The van der Waals surface area contributed by atoms with Crippen molar-refractivity contribution in [1.82, 2.24) is 0 Å². The zero-order valence-corrected chi connectivity index (χ0v) is 6.93. The number of carbonyl (C=O) groups is 2. The first-order valence-corrected chi connectivity index (χ1v) is 2.23. The standard InChI is InChI=1S/C5H8O3.2Li/c1-4(6)3-5(7)8-2;;/h3H2,1-2H3;;. The summed E-state index contributed by atoms with van der Waals surface area (Å²) in [6, 6.07) is 0. The van der Waals surface area contributed by atoms with E-state index in [1.54, 1.807) is 0 Å². The van der Waals surface area contributed by atoms with Gasteiger partial charge in [-0.05, 0) is 6.92 Å². The number of ether oxygens (including phenoxy) is 1. The number of methoxy groups -OCH3 is 1. The van der Waals surface area contributed by atoms with Gasteiger partial charge in [0.2, 0.25) is 0 Å². The maximum Gasteiger partial charge on any atom is 0.313 e. The van der Waals surface area contributed by atoms with E-state index >= 15 is 0 Å². The van der Waals surface area contributed by atoms with E-state index in [0.29, 0.717) is 0 Å². The van der Waals surface area contributed by atoms with Crippen LogP contribution in [0.4, 0.5) is 0 Å². The third-order valence-electron chi connectivity index (χ3n) is 0.621. The summed E-state index contributed by atoms with van der Waals surface area (Å²) in [7, 11) is 1.26. The molecule has 0 heterocycles. The van der Waals surface area contributed by atoms with Gasteiger partial charge in [-0.3, -0.25) is 9.59 Å². The summed E-state index contributed by atoms with van der Waals surface area (Å²) in [6.45, 7) is 1.34. The Kier molecular flexibility index (Phi) is 15.6. The van der Waals surface area contributed by atoms with Gasteiger partial charge in [0.05, 0.1) is 7.11 Å². The van der Waals surface area contributed by atoms with Gasteiger partial charge in [-0.25, -0.2) is 0 Å². The van der Waals surface area contributed by atoms with E-state index in [1.165, 1.54) is 14.0 Å². The smallest absolute Gasteiger partial charge is 0.313 e. The van der Waals surface area contributed by atoms with Crippen LogP contribution in [0.3, 0.4) is 0 Å². The molecule has 0 aromatic rings. The molecule has 0 aromatic heterocycles. The molecule has 0 N–H and O–H groups in total. The Hall–Kier alpha value is 0.335. The number of ketones is 1. The van der Waals surface area contributed by atoms with E-state index in [4.69, 9.17) is 0 Å². The normalized spacial score (nSPS) is 6.60. The maximum atomic E-state index is 10.2. The van der Waals surface area contributed by atoms with Crippen molar-refractivity contribution >= 4 is 49.5 Å². The molecule has 0 aliphatic rings. The first kappa shape index (κ1) is 16.7. The fourth-order valence-electron chi connectivity index (χ4n) is 0.275. The van der Waals surface area contributed by atoms with Gasteiger partial charge >= 0.3 is 5.97 Å². The Labute approximate surface area is 84.2 Å². The molecular formula is C5H8Li2O3. The van der Waals surface area contributed by atoms with Crippen molar-refractivity contribution in [2.24, 2.45) is 0 Å². The molecule has 0 bridgehead atoms. The number of rotatable bonds is 2. The SMILES string of the molecule is COC(=O)CC(C)=O.[Li].[Li]. The Balaban J connectivity index is -0.000000245. The summed E-state index contributed by atoms with van der Waals surface area (Å²) < 4.78 is 4.20. The second-order valence-corrected chi connectivity index (χ2v) is 1.45. The van der Waals surface area contributed by atoms with Gasteiger partial charge in [0, 0.05) is 37.7 Å². The molecule has 48 valence electrons. The van der Waals surface area contributed by atoms with Crippen molar-refractivity contribution in [2.45, 2.75) is 13.3 Å². The molecule has 3 nitrogen and oxygen atoms in total. The molecular weight excluding hydrogens is 122 g/mol. The quantitative estimate of drug-likeness (QED) is 0.284. The van der Waals surface area contributed by atoms with E-state index in [2.05, 4.69) is 4.74 Å². The van der Waals surface area contributed by atoms with Crippen LogP contribution in [0.5, 0.6) is 0 Å². The molecule has 0 aliphatic heterocycles. The predicted molar refractivity (Wildman–Crippen MR) is 38.8 cm³/mol.